The molecule has 0 aliphatic rings. The summed E-state index contributed by atoms with van der Waals surface area (Å²) in [5.74, 6) is -0.999. The van der Waals surface area contributed by atoms with Gasteiger partial charge in [-0.25, -0.2) is 8.78 Å². The Hall–Kier alpha value is -1.11. The second kappa shape index (κ2) is 5.48. The molecule has 0 aliphatic heterocycles. The first-order valence-corrected chi connectivity index (χ1v) is 5.19. The molecule has 7 heteroatoms. The lowest BCUT2D eigenvalue weighted by molar-refractivity contribution is -0.0504. The number of alkyl halides is 4. The van der Waals surface area contributed by atoms with E-state index in [9.17, 15) is 22.4 Å². The summed E-state index contributed by atoms with van der Waals surface area (Å²) in [6.07, 6.45) is -2.87. The van der Waals surface area contributed by atoms with Crippen LogP contribution >= 0.6 is 15.9 Å². The molecule has 0 unspecified atom stereocenters. The van der Waals surface area contributed by atoms with Crippen molar-refractivity contribution in [3.63, 3.8) is 0 Å². The molecule has 2 nitrogen and oxygen atoms in total. The van der Waals surface area contributed by atoms with Crippen LogP contribution in [0.4, 0.5) is 17.6 Å². The van der Waals surface area contributed by atoms with Crippen molar-refractivity contribution in [3.8, 4) is 5.75 Å². The number of carbonyl (C=O) groups excluding carboxylic acids is 1. The maximum atomic E-state index is 12.6. The molecule has 1 aromatic rings. The molecule has 0 bridgehead atoms. The Bertz CT molecular complexity index is 435. The van der Waals surface area contributed by atoms with E-state index in [1.165, 1.54) is 0 Å². The maximum Gasteiger partial charge on any atom is 0.387 e. The molecule has 0 radical (unpaired) electrons. The SMILES string of the molecule is CC(=O)c1cc(OC(F)F)c(Br)cc1C(F)F. The molecule has 0 fully saturated rings. The summed E-state index contributed by atoms with van der Waals surface area (Å²) in [6.45, 7) is -2.02. The highest BCUT2D eigenvalue weighted by molar-refractivity contribution is 9.10. The Kier molecular flexibility index (Phi) is 4.50. The van der Waals surface area contributed by atoms with E-state index < -0.39 is 24.4 Å². The number of rotatable bonds is 4. The van der Waals surface area contributed by atoms with Crippen LogP contribution in [0.3, 0.4) is 0 Å². The van der Waals surface area contributed by atoms with Gasteiger partial charge in [-0.3, -0.25) is 4.79 Å². The van der Waals surface area contributed by atoms with Crippen LogP contribution in [-0.4, -0.2) is 12.4 Å². The predicted molar refractivity (Wildman–Crippen MR) is 55.7 cm³/mol. The molecule has 0 amide bonds. The smallest absolute Gasteiger partial charge is 0.387 e. The second-order valence-corrected chi connectivity index (χ2v) is 3.96. The first kappa shape index (κ1) is 14.0. The van der Waals surface area contributed by atoms with Crippen molar-refractivity contribution in [3.05, 3.63) is 27.7 Å². The van der Waals surface area contributed by atoms with Gasteiger partial charge in [-0.05, 0) is 35.0 Å². The quantitative estimate of drug-likeness (QED) is 0.615. The first-order chi connectivity index (χ1) is 7.82. The summed E-state index contributed by atoms with van der Waals surface area (Å²) in [5, 5.41) is 0. The summed E-state index contributed by atoms with van der Waals surface area (Å²) >= 11 is 2.82. The maximum absolute atomic E-state index is 12.6. The van der Waals surface area contributed by atoms with Gasteiger partial charge in [0.15, 0.2) is 5.78 Å². The number of ether oxygens (including phenoxy) is 1. The van der Waals surface area contributed by atoms with E-state index in [0.29, 0.717) is 0 Å². The molecule has 0 heterocycles. The highest BCUT2D eigenvalue weighted by atomic mass is 79.9. The lowest BCUT2D eigenvalue weighted by Gasteiger charge is -2.12. The van der Waals surface area contributed by atoms with Gasteiger partial charge in [-0.15, -0.1) is 0 Å². The summed E-state index contributed by atoms with van der Waals surface area (Å²) in [4.78, 5) is 11.1. The molecule has 0 spiro atoms. The van der Waals surface area contributed by atoms with Crippen molar-refractivity contribution in [1.29, 1.82) is 0 Å². The Morgan fingerprint density at radius 2 is 1.88 bits per heavy atom. The van der Waals surface area contributed by atoms with Crippen LogP contribution in [0.25, 0.3) is 0 Å². The zero-order chi connectivity index (χ0) is 13.2. The van der Waals surface area contributed by atoms with Gasteiger partial charge < -0.3 is 4.74 Å². The van der Waals surface area contributed by atoms with Gasteiger partial charge in [0.25, 0.3) is 6.43 Å². The van der Waals surface area contributed by atoms with E-state index in [1.807, 2.05) is 0 Å². The van der Waals surface area contributed by atoms with Crippen LogP contribution < -0.4 is 4.74 Å². The van der Waals surface area contributed by atoms with E-state index in [1.54, 1.807) is 0 Å². The van der Waals surface area contributed by atoms with Crippen LogP contribution in [-0.2, 0) is 0 Å². The number of ketones is 1. The van der Waals surface area contributed by atoms with Gasteiger partial charge in [0.1, 0.15) is 5.75 Å². The number of Topliss-reactive ketones (excluding diaryl/α,β-unsaturated/α-hetero) is 1. The van der Waals surface area contributed by atoms with Crippen LogP contribution in [0.2, 0.25) is 0 Å². The minimum atomic E-state index is -3.09. The Balaban J connectivity index is 3.29. The zero-order valence-electron chi connectivity index (χ0n) is 8.52. The molecule has 0 N–H and O–H groups in total. The molecule has 0 atom stereocenters. The Morgan fingerprint density at radius 3 is 2.29 bits per heavy atom. The summed E-state index contributed by atoms with van der Waals surface area (Å²) in [6, 6.07) is 1.78. The first-order valence-electron chi connectivity index (χ1n) is 4.40. The van der Waals surface area contributed by atoms with E-state index >= 15 is 0 Å². The van der Waals surface area contributed by atoms with Gasteiger partial charge in [-0.1, -0.05) is 0 Å². The summed E-state index contributed by atoms with van der Waals surface area (Å²) in [7, 11) is 0. The minimum Gasteiger partial charge on any atom is -0.434 e. The van der Waals surface area contributed by atoms with Crippen molar-refractivity contribution in [2.75, 3.05) is 0 Å². The van der Waals surface area contributed by atoms with E-state index in [0.717, 1.165) is 19.1 Å². The van der Waals surface area contributed by atoms with E-state index in [2.05, 4.69) is 20.7 Å². The molecule has 0 saturated carbocycles. The highest BCUT2D eigenvalue weighted by Crippen LogP contribution is 2.34. The number of carbonyl (C=O) groups is 1. The zero-order valence-corrected chi connectivity index (χ0v) is 10.1. The second-order valence-electron chi connectivity index (χ2n) is 3.11. The lowest BCUT2D eigenvalue weighted by atomic mass is 10.0. The fourth-order valence-electron chi connectivity index (χ4n) is 1.24. The third-order valence-corrected chi connectivity index (χ3v) is 2.55. The number of hydrogen-bond donors (Lipinski definition) is 0. The Morgan fingerprint density at radius 1 is 1.29 bits per heavy atom. The standard InChI is InChI=1S/C10H7BrF4O2/c1-4(16)5-3-8(17-10(14)15)7(11)2-6(5)9(12)13/h2-3,9-10H,1H3. The predicted octanol–water partition coefficient (Wildman–Crippen LogP) is 4.19. The van der Waals surface area contributed by atoms with Crippen LogP contribution in [0.1, 0.15) is 29.3 Å². The van der Waals surface area contributed by atoms with Crippen molar-refractivity contribution in [2.45, 2.75) is 20.0 Å². The minimum absolute atomic E-state index is 0.0573. The van der Waals surface area contributed by atoms with Gasteiger partial charge in [0.2, 0.25) is 0 Å². The summed E-state index contributed by atoms with van der Waals surface area (Å²) in [5.41, 5.74) is -0.857. The molecule has 0 aromatic heterocycles. The van der Waals surface area contributed by atoms with Gasteiger partial charge in [0, 0.05) is 11.1 Å². The third-order valence-electron chi connectivity index (χ3n) is 1.93. The van der Waals surface area contributed by atoms with Crippen molar-refractivity contribution in [2.24, 2.45) is 0 Å². The Labute approximate surface area is 103 Å². The molecular formula is C10H7BrF4O2. The normalized spacial score (nSPS) is 11.1. The monoisotopic (exact) mass is 314 g/mol. The van der Waals surface area contributed by atoms with Crippen LogP contribution in [0, 0.1) is 0 Å². The number of benzene rings is 1. The molecule has 94 valence electrons. The molecule has 1 rings (SSSR count). The van der Waals surface area contributed by atoms with Gasteiger partial charge in [-0.2, -0.15) is 8.78 Å². The van der Waals surface area contributed by atoms with Crippen LogP contribution in [0.5, 0.6) is 5.75 Å². The summed E-state index contributed by atoms with van der Waals surface area (Å²) < 4.78 is 53.3. The molecule has 0 saturated heterocycles. The van der Waals surface area contributed by atoms with Gasteiger partial charge in [0.05, 0.1) is 4.47 Å². The lowest BCUT2D eigenvalue weighted by Crippen LogP contribution is -2.06. The van der Waals surface area contributed by atoms with Crippen LogP contribution in [0.15, 0.2) is 16.6 Å². The molecule has 0 aliphatic carbocycles. The average Bonchev–Trinajstić information content (AvgIpc) is 2.19. The average molecular weight is 315 g/mol. The molecule has 1 aromatic carbocycles. The third kappa shape index (κ3) is 3.42. The molecular weight excluding hydrogens is 308 g/mol. The topological polar surface area (TPSA) is 26.3 Å². The van der Waals surface area contributed by atoms with Gasteiger partial charge >= 0.3 is 6.61 Å². The highest BCUT2D eigenvalue weighted by Gasteiger charge is 2.20. The molecule has 17 heavy (non-hydrogen) atoms. The largest absolute Gasteiger partial charge is 0.434 e. The number of hydrogen-bond acceptors (Lipinski definition) is 2. The fraction of sp³-hybridized carbons (Fsp3) is 0.300. The van der Waals surface area contributed by atoms with E-state index in [-0.39, 0.29) is 15.8 Å². The van der Waals surface area contributed by atoms with Crippen molar-refractivity contribution >= 4 is 21.7 Å². The van der Waals surface area contributed by atoms with Crippen molar-refractivity contribution < 1.29 is 27.1 Å². The fourth-order valence-corrected chi connectivity index (χ4v) is 1.70. The number of halogens is 5. The van der Waals surface area contributed by atoms with E-state index in [4.69, 9.17) is 0 Å². The van der Waals surface area contributed by atoms with Crippen molar-refractivity contribution in [1.82, 2.24) is 0 Å².